The lowest BCUT2D eigenvalue weighted by Gasteiger charge is -1.86. The molecule has 10 heavy (non-hydrogen) atoms. The molecule has 0 spiro atoms. The first-order valence-corrected chi connectivity index (χ1v) is 3.10. The third kappa shape index (κ3) is 0.492. The number of nitrogens with zero attached hydrogens (tertiary/aromatic N) is 1. The molecule has 0 aliphatic carbocycles. The van der Waals surface area contributed by atoms with Gasteiger partial charge in [-0.05, 0) is 6.07 Å². The summed E-state index contributed by atoms with van der Waals surface area (Å²) in [4.78, 5) is 3.01. The van der Waals surface area contributed by atoms with E-state index in [2.05, 4.69) is 4.98 Å². The topological polar surface area (TPSA) is 41.0 Å². The number of hydrogen-bond donors (Lipinski definition) is 2. The van der Waals surface area contributed by atoms with Crippen LogP contribution in [-0.4, -0.2) is 14.7 Å². The summed E-state index contributed by atoms with van der Waals surface area (Å²) in [5.41, 5.74) is 0.956. The SMILES string of the molecule is Cn1cc(O)c2cc[nH]c21. The molecule has 0 unspecified atom stereocenters. The smallest absolute Gasteiger partial charge is 0.142 e. The lowest BCUT2D eigenvalue weighted by Crippen LogP contribution is -1.82. The Balaban J connectivity index is 2.98. The second-order valence-electron chi connectivity index (χ2n) is 2.37. The number of fused-ring (bicyclic) bond motifs is 1. The standard InChI is InChI=1S/C7H8N2O/c1-9-4-6(10)5-2-3-8-7(5)9/h2-4,8,10H,1H3. The van der Waals surface area contributed by atoms with Crippen LogP contribution in [0.3, 0.4) is 0 Å². The Bertz CT molecular complexity index is 327. The first-order valence-electron chi connectivity index (χ1n) is 3.10. The van der Waals surface area contributed by atoms with Crippen LogP contribution < -0.4 is 0 Å². The second kappa shape index (κ2) is 1.56. The van der Waals surface area contributed by atoms with Crippen molar-refractivity contribution in [2.24, 2.45) is 7.05 Å². The molecular weight excluding hydrogens is 128 g/mol. The zero-order valence-electron chi connectivity index (χ0n) is 5.63. The first kappa shape index (κ1) is 5.41. The molecule has 3 nitrogen and oxygen atoms in total. The van der Waals surface area contributed by atoms with Crippen LogP contribution in [0.1, 0.15) is 0 Å². The first-order chi connectivity index (χ1) is 4.79. The average Bonchev–Trinajstić information content (AvgIpc) is 2.39. The van der Waals surface area contributed by atoms with Crippen LogP contribution in [0.2, 0.25) is 0 Å². The van der Waals surface area contributed by atoms with Crippen molar-refractivity contribution in [3.8, 4) is 5.75 Å². The molecule has 0 amide bonds. The number of H-pyrrole nitrogens is 1. The molecule has 0 radical (unpaired) electrons. The van der Waals surface area contributed by atoms with E-state index in [-0.39, 0.29) is 0 Å². The van der Waals surface area contributed by atoms with E-state index < -0.39 is 0 Å². The van der Waals surface area contributed by atoms with Crippen molar-refractivity contribution in [3.05, 3.63) is 18.5 Å². The molecule has 0 bridgehead atoms. The molecular formula is C7H8N2O. The molecule has 2 heterocycles. The van der Waals surface area contributed by atoms with Crippen molar-refractivity contribution < 1.29 is 5.11 Å². The summed E-state index contributed by atoms with van der Waals surface area (Å²) in [6.45, 7) is 0. The van der Waals surface area contributed by atoms with Gasteiger partial charge in [-0.25, -0.2) is 0 Å². The van der Waals surface area contributed by atoms with E-state index in [4.69, 9.17) is 0 Å². The summed E-state index contributed by atoms with van der Waals surface area (Å²) in [6.07, 6.45) is 3.49. The van der Waals surface area contributed by atoms with Gasteiger partial charge in [0.25, 0.3) is 0 Å². The summed E-state index contributed by atoms with van der Waals surface area (Å²) in [5.74, 6) is 0.332. The normalized spacial score (nSPS) is 10.9. The highest BCUT2D eigenvalue weighted by atomic mass is 16.3. The molecule has 0 fully saturated rings. The molecule has 3 heteroatoms. The molecule has 0 aliphatic heterocycles. The van der Waals surface area contributed by atoms with E-state index in [1.807, 2.05) is 23.9 Å². The molecule has 0 aromatic carbocycles. The van der Waals surface area contributed by atoms with Gasteiger partial charge in [0, 0.05) is 19.4 Å². The Morgan fingerprint density at radius 3 is 3.10 bits per heavy atom. The van der Waals surface area contributed by atoms with Gasteiger partial charge < -0.3 is 14.7 Å². The number of nitrogens with one attached hydrogen (secondary N) is 1. The Hall–Kier alpha value is -1.38. The molecule has 0 atom stereocenters. The quantitative estimate of drug-likeness (QED) is 0.561. The minimum absolute atomic E-state index is 0.332. The highest BCUT2D eigenvalue weighted by Gasteiger charge is 2.03. The van der Waals surface area contributed by atoms with Gasteiger partial charge in [0.2, 0.25) is 0 Å². The maximum Gasteiger partial charge on any atom is 0.142 e. The number of aryl methyl sites for hydroxylation is 1. The van der Waals surface area contributed by atoms with Crippen molar-refractivity contribution in [2.45, 2.75) is 0 Å². The van der Waals surface area contributed by atoms with Gasteiger partial charge in [-0.2, -0.15) is 0 Å². The van der Waals surface area contributed by atoms with Crippen LogP contribution >= 0.6 is 0 Å². The summed E-state index contributed by atoms with van der Waals surface area (Å²) < 4.78 is 1.85. The second-order valence-corrected chi connectivity index (χ2v) is 2.37. The number of rotatable bonds is 0. The molecule has 52 valence electrons. The van der Waals surface area contributed by atoms with E-state index in [9.17, 15) is 5.11 Å². The minimum atomic E-state index is 0.332. The molecule has 0 aliphatic rings. The maximum absolute atomic E-state index is 9.24. The van der Waals surface area contributed by atoms with E-state index in [0.29, 0.717) is 5.75 Å². The van der Waals surface area contributed by atoms with Gasteiger partial charge in [0.05, 0.1) is 5.39 Å². The Kier molecular flexibility index (Phi) is 0.845. The minimum Gasteiger partial charge on any atom is -0.506 e. The predicted octanol–water partition coefficient (Wildman–Crippen LogP) is 1.21. The number of hydrogen-bond acceptors (Lipinski definition) is 1. The van der Waals surface area contributed by atoms with Gasteiger partial charge >= 0.3 is 0 Å². The van der Waals surface area contributed by atoms with Crippen LogP contribution in [-0.2, 0) is 7.05 Å². The molecule has 0 saturated carbocycles. The van der Waals surface area contributed by atoms with Crippen molar-refractivity contribution in [1.29, 1.82) is 0 Å². The third-order valence-corrected chi connectivity index (χ3v) is 1.67. The number of aromatic hydroxyl groups is 1. The molecule has 2 aromatic heterocycles. The van der Waals surface area contributed by atoms with Crippen molar-refractivity contribution in [1.82, 2.24) is 9.55 Å². The van der Waals surface area contributed by atoms with Crippen molar-refractivity contribution in [3.63, 3.8) is 0 Å². The van der Waals surface area contributed by atoms with Gasteiger partial charge in [0.1, 0.15) is 11.4 Å². The van der Waals surface area contributed by atoms with Crippen molar-refractivity contribution >= 4 is 11.0 Å². The molecule has 2 aromatic rings. The van der Waals surface area contributed by atoms with Crippen molar-refractivity contribution in [2.75, 3.05) is 0 Å². The monoisotopic (exact) mass is 136 g/mol. The third-order valence-electron chi connectivity index (χ3n) is 1.67. The van der Waals surface area contributed by atoms with Gasteiger partial charge in [0.15, 0.2) is 0 Å². The Morgan fingerprint density at radius 2 is 2.40 bits per heavy atom. The summed E-state index contributed by atoms with van der Waals surface area (Å²) in [7, 11) is 1.89. The van der Waals surface area contributed by atoms with E-state index in [1.165, 1.54) is 0 Å². The van der Waals surface area contributed by atoms with Gasteiger partial charge in [-0.3, -0.25) is 0 Å². The number of aromatic amines is 1. The van der Waals surface area contributed by atoms with Gasteiger partial charge in [-0.1, -0.05) is 0 Å². The lowest BCUT2D eigenvalue weighted by atomic mass is 10.4. The maximum atomic E-state index is 9.24. The van der Waals surface area contributed by atoms with Gasteiger partial charge in [-0.15, -0.1) is 0 Å². The summed E-state index contributed by atoms with van der Waals surface area (Å²) in [5, 5.41) is 10.1. The van der Waals surface area contributed by atoms with Crippen LogP contribution in [0.15, 0.2) is 18.5 Å². The summed E-state index contributed by atoms with van der Waals surface area (Å²) in [6, 6.07) is 1.85. The molecule has 0 saturated heterocycles. The van der Waals surface area contributed by atoms with Crippen LogP contribution in [0, 0.1) is 0 Å². The number of aromatic nitrogens is 2. The van der Waals surface area contributed by atoms with E-state index in [1.54, 1.807) is 6.20 Å². The largest absolute Gasteiger partial charge is 0.506 e. The predicted molar refractivity (Wildman–Crippen MR) is 38.9 cm³/mol. The average molecular weight is 136 g/mol. The zero-order valence-corrected chi connectivity index (χ0v) is 5.63. The van der Waals surface area contributed by atoms with E-state index >= 15 is 0 Å². The van der Waals surface area contributed by atoms with E-state index in [0.717, 1.165) is 11.0 Å². The molecule has 2 N–H and O–H groups in total. The fraction of sp³-hybridized carbons (Fsp3) is 0.143. The fourth-order valence-corrected chi connectivity index (χ4v) is 1.18. The highest BCUT2D eigenvalue weighted by molar-refractivity contribution is 5.83. The fourth-order valence-electron chi connectivity index (χ4n) is 1.18. The van der Waals surface area contributed by atoms with Crippen LogP contribution in [0.25, 0.3) is 11.0 Å². The van der Waals surface area contributed by atoms with Crippen LogP contribution in [0.5, 0.6) is 5.75 Å². The Morgan fingerprint density at radius 1 is 1.60 bits per heavy atom. The summed E-state index contributed by atoms with van der Waals surface area (Å²) >= 11 is 0. The van der Waals surface area contributed by atoms with Crippen LogP contribution in [0.4, 0.5) is 0 Å². The lowest BCUT2D eigenvalue weighted by molar-refractivity contribution is 0.479. The molecule has 2 rings (SSSR count). The zero-order chi connectivity index (χ0) is 7.14. The Labute approximate surface area is 57.9 Å². The highest BCUT2D eigenvalue weighted by Crippen LogP contribution is 2.24.